The highest BCUT2D eigenvalue weighted by molar-refractivity contribution is 7.99. The van der Waals surface area contributed by atoms with Crippen LogP contribution in [0.5, 0.6) is 0 Å². The lowest BCUT2D eigenvalue weighted by Gasteiger charge is -2.28. The highest BCUT2D eigenvalue weighted by Gasteiger charge is 2.35. The van der Waals surface area contributed by atoms with E-state index in [9.17, 15) is 18.0 Å². The zero-order chi connectivity index (χ0) is 20.1. The van der Waals surface area contributed by atoms with E-state index in [1.165, 1.54) is 6.07 Å². The first-order chi connectivity index (χ1) is 13.4. The number of aromatic nitrogens is 2. The predicted molar refractivity (Wildman–Crippen MR) is 111 cm³/mol. The Morgan fingerprint density at radius 1 is 1.32 bits per heavy atom. The third-order valence-electron chi connectivity index (χ3n) is 4.49. The zero-order valence-electron chi connectivity index (χ0n) is 15.6. The minimum atomic E-state index is -3.13. The van der Waals surface area contributed by atoms with E-state index in [0.717, 1.165) is 18.2 Å². The third kappa shape index (κ3) is 5.23. The van der Waals surface area contributed by atoms with E-state index in [2.05, 4.69) is 9.97 Å². The molecule has 1 aromatic heterocycles. The fraction of sp³-hybridized carbons (Fsp3) is 0.421. The number of para-hydroxylation sites is 1. The molecule has 0 radical (unpaired) electrons. The van der Waals surface area contributed by atoms with Crippen LogP contribution in [0, 0.1) is 0 Å². The van der Waals surface area contributed by atoms with Crippen molar-refractivity contribution >= 4 is 33.2 Å². The van der Waals surface area contributed by atoms with Gasteiger partial charge in [0.05, 0.1) is 23.3 Å². The number of nitrogens with one attached hydrogen (secondary N) is 1. The molecule has 0 aliphatic carbocycles. The fourth-order valence-electron chi connectivity index (χ4n) is 3.26. The van der Waals surface area contributed by atoms with E-state index in [1.54, 1.807) is 17.0 Å². The minimum Gasteiger partial charge on any atom is -0.308 e. The molecule has 1 saturated heterocycles. The van der Waals surface area contributed by atoms with E-state index in [0.29, 0.717) is 29.4 Å². The summed E-state index contributed by atoms with van der Waals surface area (Å²) in [5.74, 6) is -0.0829. The van der Waals surface area contributed by atoms with Crippen LogP contribution in [0.15, 0.2) is 46.3 Å². The van der Waals surface area contributed by atoms with Crippen molar-refractivity contribution in [2.24, 2.45) is 0 Å². The smallest absolute Gasteiger partial charge is 0.251 e. The molecule has 2 heterocycles. The molecule has 3 rings (SSSR count). The predicted octanol–water partition coefficient (Wildman–Crippen LogP) is 2.03. The monoisotopic (exact) mass is 421 g/mol. The van der Waals surface area contributed by atoms with Crippen molar-refractivity contribution in [2.75, 3.05) is 22.2 Å². The molecule has 1 aromatic carbocycles. The Morgan fingerprint density at radius 2 is 2.07 bits per heavy atom. The molecule has 28 heavy (non-hydrogen) atoms. The lowest BCUT2D eigenvalue weighted by Crippen LogP contribution is -2.42. The van der Waals surface area contributed by atoms with E-state index in [4.69, 9.17) is 0 Å². The standard InChI is InChI=1S/C19H23N3O4S2/c1-2-6-14-11-17(23)21-19(20-14)27-12-18(24)22(15-7-4-3-5-8-15)16-9-10-28(25,26)13-16/h3-5,7-8,11,16H,2,6,9-10,12-13H2,1H3,(H,20,21,23)/t16-/m1/s1. The van der Waals surface area contributed by atoms with Crippen molar-refractivity contribution in [3.05, 3.63) is 52.4 Å². The number of hydrogen-bond acceptors (Lipinski definition) is 6. The number of aryl methyl sites for hydroxylation is 1. The van der Waals surface area contributed by atoms with Gasteiger partial charge in [0.15, 0.2) is 15.0 Å². The van der Waals surface area contributed by atoms with Gasteiger partial charge in [-0.25, -0.2) is 13.4 Å². The van der Waals surface area contributed by atoms with Gasteiger partial charge < -0.3 is 9.88 Å². The average Bonchev–Trinajstić information content (AvgIpc) is 3.00. The first-order valence-electron chi connectivity index (χ1n) is 9.18. The summed E-state index contributed by atoms with van der Waals surface area (Å²) in [5, 5.41) is 0.399. The zero-order valence-corrected chi connectivity index (χ0v) is 17.3. The molecule has 1 amide bonds. The van der Waals surface area contributed by atoms with Crippen LogP contribution in [0.1, 0.15) is 25.5 Å². The highest BCUT2D eigenvalue weighted by Crippen LogP contribution is 2.26. The second kappa shape index (κ2) is 8.91. The molecule has 7 nitrogen and oxygen atoms in total. The molecule has 0 saturated carbocycles. The Hall–Kier alpha value is -2.13. The number of carbonyl (C=O) groups excluding carboxylic acids is 1. The molecule has 150 valence electrons. The van der Waals surface area contributed by atoms with E-state index in [-0.39, 0.29) is 34.8 Å². The van der Waals surface area contributed by atoms with Gasteiger partial charge in [0.1, 0.15) is 0 Å². The number of anilines is 1. The van der Waals surface area contributed by atoms with Gasteiger partial charge in [-0.3, -0.25) is 9.59 Å². The molecule has 1 fully saturated rings. The van der Waals surface area contributed by atoms with Crippen LogP contribution in [0.3, 0.4) is 0 Å². The molecule has 1 atom stereocenters. The summed E-state index contributed by atoms with van der Waals surface area (Å²) in [7, 11) is -3.13. The third-order valence-corrected chi connectivity index (χ3v) is 7.10. The fourth-order valence-corrected chi connectivity index (χ4v) is 5.72. The lowest BCUT2D eigenvalue weighted by molar-refractivity contribution is -0.116. The normalized spacial score (nSPS) is 18.1. The first kappa shape index (κ1) is 20.6. The lowest BCUT2D eigenvalue weighted by atomic mass is 10.2. The number of sulfone groups is 1. The maximum atomic E-state index is 13.0. The Bertz CT molecular complexity index is 990. The molecule has 1 aliphatic rings. The van der Waals surface area contributed by atoms with Crippen LogP contribution >= 0.6 is 11.8 Å². The summed E-state index contributed by atoms with van der Waals surface area (Å²) in [6, 6.07) is 10.2. The van der Waals surface area contributed by atoms with Gasteiger partial charge in [-0.1, -0.05) is 43.3 Å². The Balaban J connectivity index is 1.78. The second-order valence-electron chi connectivity index (χ2n) is 6.74. The molecular weight excluding hydrogens is 398 g/mol. The van der Waals surface area contributed by atoms with E-state index >= 15 is 0 Å². The number of benzene rings is 1. The van der Waals surface area contributed by atoms with Gasteiger partial charge in [-0.05, 0) is 25.0 Å². The maximum absolute atomic E-state index is 13.0. The van der Waals surface area contributed by atoms with Gasteiger partial charge in [-0.2, -0.15) is 0 Å². The Labute approximate surface area is 168 Å². The van der Waals surface area contributed by atoms with Crippen LogP contribution in [0.25, 0.3) is 0 Å². The van der Waals surface area contributed by atoms with Crippen molar-refractivity contribution in [3.8, 4) is 0 Å². The van der Waals surface area contributed by atoms with Crippen molar-refractivity contribution in [1.82, 2.24) is 9.97 Å². The Kier molecular flexibility index (Phi) is 6.56. The number of nitrogens with zero attached hydrogens (tertiary/aromatic N) is 2. The van der Waals surface area contributed by atoms with Gasteiger partial charge in [0.25, 0.3) is 5.56 Å². The first-order valence-corrected chi connectivity index (χ1v) is 12.0. The SMILES string of the molecule is CCCc1cc(=O)[nH]c(SCC(=O)N(c2ccccc2)[C@@H]2CCS(=O)(=O)C2)n1. The summed E-state index contributed by atoms with van der Waals surface area (Å²) >= 11 is 1.16. The van der Waals surface area contributed by atoms with E-state index in [1.807, 2.05) is 25.1 Å². The molecule has 0 spiro atoms. The van der Waals surface area contributed by atoms with Crippen molar-refractivity contribution in [2.45, 2.75) is 37.4 Å². The van der Waals surface area contributed by atoms with Crippen LogP contribution in [-0.2, 0) is 21.1 Å². The number of H-pyrrole nitrogens is 1. The summed E-state index contributed by atoms with van der Waals surface area (Å²) < 4.78 is 23.8. The largest absolute Gasteiger partial charge is 0.308 e. The molecule has 9 heteroatoms. The van der Waals surface area contributed by atoms with Crippen molar-refractivity contribution < 1.29 is 13.2 Å². The van der Waals surface area contributed by atoms with Gasteiger partial charge in [-0.15, -0.1) is 0 Å². The number of aromatic amines is 1. The quantitative estimate of drug-likeness (QED) is 0.542. The highest BCUT2D eigenvalue weighted by atomic mass is 32.2. The topological polar surface area (TPSA) is 100 Å². The van der Waals surface area contributed by atoms with Gasteiger partial charge in [0, 0.05) is 17.4 Å². The number of carbonyl (C=O) groups is 1. The number of rotatable bonds is 7. The average molecular weight is 422 g/mol. The number of hydrogen-bond donors (Lipinski definition) is 1. The molecule has 1 aliphatic heterocycles. The van der Waals surface area contributed by atoms with Crippen LogP contribution in [0.4, 0.5) is 5.69 Å². The summed E-state index contributed by atoms with van der Waals surface area (Å²) in [6.07, 6.45) is 1.99. The molecule has 2 aromatic rings. The van der Waals surface area contributed by atoms with Crippen LogP contribution in [0.2, 0.25) is 0 Å². The van der Waals surface area contributed by atoms with Crippen molar-refractivity contribution in [1.29, 1.82) is 0 Å². The summed E-state index contributed by atoms with van der Waals surface area (Å²) in [4.78, 5) is 33.4. The van der Waals surface area contributed by atoms with Crippen LogP contribution < -0.4 is 10.5 Å². The van der Waals surface area contributed by atoms with Gasteiger partial charge >= 0.3 is 0 Å². The van der Waals surface area contributed by atoms with Gasteiger partial charge in [0.2, 0.25) is 5.91 Å². The molecule has 0 bridgehead atoms. The molecule has 1 N–H and O–H groups in total. The summed E-state index contributed by atoms with van der Waals surface area (Å²) in [6.45, 7) is 2.01. The van der Waals surface area contributed by atoms with Crippen LogP contribution in [-0.4, -0.2) is 47.6 Å². The molecular formula is C19H23N3O4S2. The van der Waals surface area contributed by atoms with E-state index < -0.39 is 9.84 Å². The van der Waals surface area contributed by atoms with Crippen molar-refractivity contribution in [3.63, 3.8) is 0 Å². The minimum absolute atomic E-state index is 0.0284. The Morgan fingerprint density at radius 3 is 2.71 bits per heavy atom. The second-order valence-corrected chi connectivity index (χ2v) is 9.93. The molecule has 0 unspecified atom stereocenters. The maximum Gasteiger partial charge on any atom is 0.251 e. The number of thioether (sulfide) groups is 1. The number of amides is 1. The summed E-state index contributed by atoms with van der Waals surface area (Å²) in [5.41, 5.74) is 1.13.